The van der Waals surface area contributed by atoms with Crippen molar-refractivity contribution < 1.29 is 0 Å². The molecule has 2 rings (SSSR count). The molecule has 17 heavy (non-hydrogen) atoms. The number of nitrogens with zero attached hydrogens (tertiary/aromatic N) is 3. The first-order valence-corrected chi connectivity index (χ1v) is 6.37. The normalized spacial score (nSPS) is 19.4. The average molecular weight is 234 g/mol. The Morgan fingerprint density at radius 2 is 1.82 bits per heavy atom. The van der Waals surface area contributed by atoms with Gasteiger partial charge in [-0.05, 0) is 36.8 Å². The molecule has 0 saturated carbocycles. The zero-order valence-corrected chi connectivity index (χ0v) is 10.8. The van der Waals surface area contributed by atoms with Crippen LogP contribution in [-0.4, -0.2) is 29.6 Å². The second-order valence-electron chi connectivity index (χ2n) is 5.58. The van der Waals surface area contributed by atoms with E-state index in [1.807, 2.05) is 12.4 Å². The van der Waals surface area contributed by atoms with E-state index >= 15 is 0 Å². The van der Waals surface area contributed by atoms with E-state index in [2.05, 4.69) is 28.7 Å². The molecule has 1 aliphatic heterocycles. The Hall–Kier alpha value is -1.16. The number of anilines is 1. The second kappa shape index (κ2) is 5.00. The summed E-state index contributed by atoms with van der Waals surface area (Å²) >= 11 is 0. The standard InChI is InChI=1S/C13H22N4/c1-13(2)4-7-17(8-5-13)12-15-9-11(3-6-14)10-16-12/h9-10H,3-8,14H2,1-2H3. The van der Waals surface area contributed by atoms with Gasteiger partial charge in [-0.3, -0.25) is 0 Å². The number of rotatable bonds is 3. The van der Waals surface area contributed by atoms with Gasteiger partial charge in [0, 0.05) is 25.5 Å². The Morgan fingerprint density at radius 3 is 2.35 bits per heavy atom. The highest BCUT2D eigenvalue weighted by molar-refractivity contribution is 5.30. The Morgan fingerprint density at radius 1 is 1.24 bits per heavy atom. The van der Waals surface area contributed by atoms with Crippen LogP contribution in [0.15, 0.2) is 12.4 Å². The predicted molar refractivity (Wildman–Crippen MR) is 70.0 cm³/mol. The summed E-state index contributed by atoms with van der Waals surface area (Å²) in [6.07, 6.45) is 7.07. The molecule has 0 amide bonds. The maximum atomic E-state index is 5.51. The van der Waals surface area contributed by atoms with Crippen LogP contribution in [-0.2, 0) is 6.42 Å². The molecular weight excluding hydrogens is 212 g/mol. The van der Waals surface area contributed by atoms with Crippen LogP contribution in [0.2, 0.25) is 0 Å². The van der Waals surface area contributed by atoms with Crippen LogP contribution in [0.5, 0.6) is 0 Å². The van der Waals surface area contributed by atoms with E-state index in [0.29, 0.717) is 12.0 Å². The monoisotopic (exact) mass is 234 g/mol. The molecule has 0 atom stereocenters. The molecule has 94 valence electrons. The third kappa shape index (κ3) is 3.16. The lowest BCUT2D eigenvalue weighted by Crippen LogP contribution is -2.38. The van der Waals surface area contributed by atoms with Crippen LogP contribution in [0.25, 0.3) is 0 Å². The Labute approximate surface area is 103 Å². The van der Waals surface area contributed by atoms with Gasteiger partial charge in [-0.2, -0.15) is 0 Å². The molecule has 4 heteroatoms. The van der Waals surface area contributed by atoms with Gasteiger partial charge in [-0.25, -0.2) is 9.97 Å². The number of aromatic nitrogens is 2. The summed E-state index contributed by atoms with van der Waals surface area (Å²) in [6.45, 7) is 7.43. The molecule has 2 N–H and O–H groups in total. The van der Waals surface area contributed by atoms with Gasteiger partial charge in [0.15, 0.2) is 0 Å². The van der Waals surface area contributed by atoms with Crippen molar-refractivity contribution in [1.82, 2.24) is 9.97 Å². The second-order valence-corrected chi connectivity index (χ2v) is 5.58. The topological polar surface area (TPSA) is 55.0 Å². The summed E-state index contributed by atoms with van der Waals surface area (Å²) < 4.78 is 0. The molecule has 1 aromatic rings. The summed E-state index contributed by atoms with van der Waals surface area (Å²) in [5.74, 6) is 0.862. The van der Waals surface area contributed by atoms with E-state index < -0.39 is 0 Å². The van der Waals surface area contributed by atoms with E-state index in [9.17, 15) is 0 Å². The molecule has 2 heterocycles. The first kappa shape index (κ1) is 12.3. The largest absolute Gasteiger partial charge is 0.341 e. The fraction of sp³-hybridized carbons (Fsp3) is 0.692. The lowest BCUT2D eigenvalue weighted by atomic mass is 9.83. The molecule has 1 fully saturated rings. The lowest BCUT2D eigenvalue weighted by Gasteiger charge is -2.36. The Kier molecular flexibility index (Phi) is 3.62. The minimum atomic E-state index is 0.468. The van der Waals surface area contributed by atoms with Gasteiger partial charge >= 0.3 is 0 Å². The highest BCUT2D eigenvalue weighted by atomic mass is 15.2. The molecule has 0 unspecified atom stereocenters. The van der Waals surface area contributed by atoms with E-state index in [-0.39, 0.29) is 0 Å². The van der Waals surface area contributed by atoms with Crippen LogP contribution >= 0.6 is 0 Å². The van der Waals surface area contributed by atoms with Gasteiger partial charge in [0.2, 0.25) is 5.95 Å². The molecule has 0 aromatic carbocycles. The first-order chi connectivity index (χ1) is 8.11. The van der Waals surface area contributed by atoms with Crippen LogP contribution in [0.4, 0.5) is 5.95 Å². The molecule has 0 spiro atoms. The van der Waals surface area contributed by atoms with Crippen molar-refractivity contribution in [2.75, 3.05) is 24.5 Å². The molecule has 0 aliphatic carbocycles. The molecule has 1 saturated heterocycles. The maximum absolute atomic E-state index is 5.51. The summed E-state index contributed by atoms with van der Waals surface area (Å²) in [6, 6.07) is 0. The van der Waals surface area contributed by atoms with E-state index in [1.165, 1.54) is 12.8 Å². The summed E-state index contributed by atoms with van der Waals surface area (Å²) in [4.78, 5) is 11.1. The van der Waals surface area contributed by atoms with Gasteiger partial charge in [0.25, 0.3) is 0 Å². The quantitative estimate of drug-likeness (QED) is 0.863. The third-order valence-corrected chi connectivity index (χ3v) is 3.52. The smallest absolute Gasteiger partial charge is 0.225 e. The fourth-order valence-corrected chi connectivity index (χ4v) is 2.12. The van der Waals surface area contributed by atoms with Crippen molar-refractivity contribution >= 4 is 5.95 Å². The Bertz CT molecular complexity index is 348. The van der Waals surface area contributed by atoms with Crippen LogP contribution in [0.3, 0.4) is 0 Å². The number of nitrogens with two attached hydrogens (primary N) is 1. The van der Waals surface area contributed by atoms with Crippen molar-refractivity contribution in [1.29, 1.82) is 0 Å². The molecular formula is C13H22N4. The average Bonchev–Trinajstić information content (AvgIpc) is 2.31. The predicted octanol–water partition coefficient (Wildman–Crippen LogP) is 1.60. The zero-order valence-electron chi connectivity index (χ0n) is 10.8. The highest BCUT2D eigenvalue weighted by Gasteiger charge is 2.26. The van der Waals surface area contributed by atoms with Gasteiger partial charge in [-0.1, -0.05) is 13.8 Å². The van der Waals surface area contributed by atoms with Crippen LogP contribution < -0.4 is 10.6 Å². The third-order valence-electron chi connectivity index (χ3n) is 3.52. The fourth-order valence-electron chi connectivity index (χ4n) is 2.12. The van der Waals surface area contributed by atoms with Crippen molar-refractivity contribution in [2.45, 2.75) is 33.1 Å². The van der Waals surface area contributed by atoms with E-state index in [0.717, 1.165) is 31.0 Å². The van der Waals surface area contributed by atoms with Gasteiger partial charge < -0.3 is 10.6 Å². The summed E-state index contributed by atoms with van der Waals surface area (Å²) in [7, 11) is 0. The minimum absolute atomic E-state index is 0.468. The first-order valence-electron chi connectivity index (χ1n) is 6.37. The molecule has 0 radical (unpaired) electrons. The van der Waals surface area contributed by atoms with Crippen LogP contribution in [0.1, 0.15) is 32.3 Å². The van der Waals surface area contributed by atoms with Gasteiger partial charge in [-0.15, -0.1) is 0 Å². The van der Waals surface area contributed by atoms with Crippen molar-refractivity contribution in [3.05, 3.63) is 18.0 Å². The van der Waals surface area contributed by atoms with Gasteiger partial charge in [0.1, 0.15) is 0 Å². The number of piperidine rings is 1. The van der Waals surface area contributed by atoms with Crippen LogP contribution in [0, 0.1) is 5.41 Å². The molecule has 0 bridgehead atoms. The lowest BCUT2D eigenvalue weighted by molar-refractivity contribution is 0.278. The van der Waals surface area contributed by atoms with E-state index in [4.69, 9.17) is 5.73 Å². The molecule has 1 aromatic heterocycles. The SMILES string of the molecule is CC1(C)CCN(c2ncc(CCN)cn2)CC1. The summed E-state index contributed by atoms with van der Waals surface area (Å²) in [5.41, 5.74) is 7.09. The van der Waals surface area contributed by atoms with E-state index in [1.54, 1.807) is 0 Å². The van der Waals surface area contributed by atoms with Gasteiger partial charge in [0.05, 0.1) is 0 Å². The number of hydrogen-bond acceptors (Lipinski definition) is 4. The van der Waals surface area contributed by atoms with Crippen molar-refractivity contribution in [3.8, 4) is 0 Å². The zero-order chi connectivity index (χ0) is 12.3. The molecule has 4 nitrogen and oxygen atoms in total. The van der Waals surface area contributed by atoms with Crippen molar-refractivity contribution in [2.24, 2.45) is 11.1 Å². The minimum Gasteiger partial charge on any atom is -0.341 e. The maximum Gasteiger partial charge on any atom is 0.225 e. The highest BCUT2D eigenvalue weighted by Crippen LogP contribution is 2.30. The van der Waals surface area contributed by atoms with Crippen molar-refractivity contribution in [3.63, 3.8) is 0 Å². The summed E-state index contributed by atoms with van der Waals surface area (Å²) in [5, 5.41) is 0. The number of hydrogen-bond donors (Lipinski definition) is 1. The molecule has 1 aliphatic rings. The Balaban J connectivity index is 1.99.